The first-order valence-electron chi connectivity index (χ1n) is 22.9. The molecule has 3 aromatic heterocycles. The van der Waals surface area contributed by atoms with Gasteiger partial charge in [-0.15, -0.1) is 20.4 Å². The lowest BCUT2D eigenvalue weighted by atomic mass is 9.83. The summed E-state index contributed by atoms with van der Waals surface area (Å²) < 4.78 is 31.4. The van der Waals surface area contributed by atoms with Gasteiger partial charge in [0.15, 0.2) is 0 Å². The summed E-state index contributed by atoms with van der Waals surface area (Å²) in [5.74, 6) is 3.95. The predicted molar refractivity (Wildman–Crippen MR) is 268 cm³/mol. The van der Waals surface area contributed by atoms with Crippen molar-refractivity contribution in [2.24, 2.45) is 0 Å². The molecule has 0 radical (unpaired) electrons. The Kier molecular flexibility index (Phi) is 11.6. The summed E-state index contributed by atoms with van der Waals surface area (Å²) in [6, 6.07) is 50.8. The quantitative estimate of drug-likeness (QED) is 0.121. The van der Waals surface area contributed by atoms with E-state index >= 15 is 0 Å². The third-order valence-electron chi connectivity index (χ3n) is 12.2. The van der Waals surface area contributed by atoms with E-state index in [2.05, 4.69) is 122 Å². The van der Waals surface area contributed by atoms with E-state index in [1.54, 1.807) is 0 Å². The minimum atomic E-state index is 0.0518. The molecule has 0 aliphatic rings. The van der Waals surface area contributed by atoms with Gasteiger partial charge in [-0.05, 0) is 130 Å². The second-order valence-electron chi connectivity index (χ2n) is 19.4. The summed E-state index contributed by atoms with van der Waals surface area (Å²) in [5, 5.41) is 19.7. The number of hydrogen-bond donors (Lipinski definition) is 1. The highest BCUT2D eigenvalue weighted by Gasteiger charge is 2.19. The van der Waals surface area contributed by atoms with Crippen LogP contribution in [0.4, 0.5) is 0 Å². The van der Waals surface area contributed by atoms with Crippen LogP contribution < -0.4 is 14.2 Å². The molecule has 0 bridgehead atoms. The summed E-state index contributed by atoms with van der Waals surface area (Å²) in [6.45, 7) is 16.3. The zero-order chi connectivity index (χ0) is 47.0. The topological polar surface area (TPSA) is 121 Å². The molecule has 1 N–H and O–H groups in total. The molecule has 10 nitrogen and oxygen atoms in total. The SMILES string of the molecule is Cc1cc(-c2nnc(-c3ccc(COc4cc(COc5ccc6c(c5)[nH]c5ccccc56)cc(OCc5ccc(-c6nnc(-c7ccc(C(C)(C)C)cc7)o6)cc5)c4)cc3)o2)ccc1C(C)(C)C. The zero-order valence-electron chi connectivity index (χ0n) is 39.4. The third kappa shape index (κ3) is 9.62. The number of nitrogens with one attached hydrogen (secondary N) is 1. The van der Waals surface area contributed by atoms with E-state index in [0.717, 1.165) is 61.1 Å². The third-order valence-corrected chi connectivity index (χ3v) is 12.2. The molecule has 340 valence electrons. The molecule has 68 heavy (non-hydrogen) atoms. The largest absolute Gasteiger partial charge is 0.489 e. The van der Waals surface area contributed by atoms with Crippen molar-refractivity contribution < 1.29 is 23.0 Å². The van der Waals surface area contributed by atoms with Crippen LogP contribution in [0.5, 0.6) is 17.2 Å². The summed E-state index contributed by atoms with van der Waals surface area (Å²) in [6.07, 6.45) is 0. The maximum atomic E-state index is 6.42. The number of aryl methyl sites for hydroxylation is 1. The van der Waals surface area contributed by atoms with Crippen LogP contribution in [-0.4, -0.2) is 25.4 Å². The molecule has 0 saturated carbocycles. The van der Waals surface area contributed by atoms with Crippen LogP contribution in [0.2, 0.25) is 0 Å². The van der Waals surface area contributed by atoms with Crippen molar-refractivity contribution in [3.63, 3.8) is 0 Å². The van der Waals surface area contributed by atoms with Crippen molar-refractivity contribution in [1.29, 1.82) is 0 Å². The lowest BCUT2D eigenvalue weighted by Crippen LogP contribution is -2.12. The van der Waals surface area contributed by atoms with Crippen molar-refractivity contribution in [1.82, 2.24) is 25.4 Å². The number of benzene rings is 7. The van der Waals surface area contributed by atoms with Crippen molar-refractivity contribution >= 4 is 21.8 Å². The van der Waals surface area contributed by atoms with Gasteiger partial charge >= 0.3 is 0 Å². The molecule has 3 heterocycles. The monoisotopic (exact) mass is 899 g/mol. The number of ether oxygens (including phenoxy) is 3. The van der Waals surface area contributed by atoms with Crippen LogP contribution in [0.3, 0.4) is 0 Å². The number of aromatic amines is 1. The van der Waals surface area contributed by atoms with Crippen molar-refractivity contribution in [3.05, 3.63) is 185 Å². The minimum Gasteiger partial charge on any atom is -0.489 e. The second kappa shape index (κ2) is 18.0. The van der Waals surface area contributed by atoms with E-state index in [4.69, 9.17) is 23.0 Å². The zero-order valence-corrected chi connectivity index (χ0v) is 39.4. The molecule has 7 aromatic carbocycles. The summed E-state index contributed by atoms with van der Waals surface area (Å²) in [7, 11) is 0. The smallest absolute Gasteiger partial charge is 0.248 e. The Balaban J connectivity index is 0.829. The first kappa shape index (κ1) is 43.9. The Morgan fingerprint density at radius 1 is 0.426 bits per heavy atom. The number of hydrogen-bond acceptors (Lipinski definition) is 9. The average Bonchev–Trinajstić information content (AvgIpc) is 4.12. The molecule has 10 heteroatoms. The molecular weight excluding hydrogens is 847 g/mol. The molecule has 0 fully saturated rings. The first-order chi connectivity index (χ1) is 32.8. The lowest BCUT2D eigenvalue weighted by Gasteiger charge is -2.21. The van der Waals surface area contributed by atoms with Gasteiger partial charge in [0.2, 0.25) is 23.6 Å². The van der Waals surface area contributed by atoms with Gasteiger partial charge in [-0.3, -0.25) is 0 Å². The molecule has 0 spiro atoms. The fourth-order valence-electron chi connectivity index (χ4n) is 8.46. The highest BCUT2D eigenvalue weighted by molar-refractivity contribution is 6.07. The molecular formula is C58H53N5O5. The first-order valence-corrected chi connectivity index (χ1v) is 22.9. The number of rotatable bonds is 13. The van der Waals surface area contributed by atoms with Crippen LogP contribution in [0.1, 0.15) is 74.9 Å². The number of para-hydroxylation sites is 1. The van der Waals surface area contributed by atoms with E-state index in [1.165, 1.54) is 22.1 Å². The maximum absolute atomic E-state index is 6.42. The normalized spacial score (nSPS) is 11.9. The van der Waals surface area contributed by atoms with E-state index < -0.39 is 0 Å². The Labute approximate surface area is 396 Å². The Bertz CT molecular complexity index is 3370. The Morgan fingerprint density at radius 3 is 1.46 bits per heavy atom. The fourth-order valence-corrected chi connectivity index (χ4v) is 8.46. The van der Waals surface area contributed by atoms with E-state index in [9.17, 15) is 0 Å². The van der Waals surface area contributed by atoms with Gasteiger partial charge in [0.05, 0.1) is 5.52 Å². The van der Waals surface area contributed by atoms with Crippen LogP contribution in [0.25, 0.3) is 67.6 Å². The van der Waals surface area contributed by atoms with Crippen molar-refractivity contribution in [2.45, 2.75) is 79.1 Å². The molecule has 0 saturated heterocycles. The maximum Gasteiger partial charge on any atom is 0.248 e. The number of H-pyrrole nitrogens is 1. The second-order valence-corrected chi connectivity index (χ2v) is 19.4. The van der Waals surface area contributed by atoms with Crippen molar-refractivity contribution in [2.75, 3.05) is 0 Å². The van der Waals surface area contributed by atoms with E-state index in [0.29, 0.717) is 54.9 Å². The number of fused-ring (bicyclic) bond motifs is 3. The van der Waals surface area contributed by atoms with Crippen molar-refractivity contribution in [3.8, 4) is 63.1 Å². The van der Waals surface area contributed by atoms with Crippen LogP contribution in [-0.2, 0) is 30.7 Å². The lowest BCUT2D eigenvalue weighted by molar-refractivity contribution is 0.282. The minimum absolute atomic E-state index is 0.0518. The van der Waals surface area contributed by atoms with Gasteiger partial charge in [-0.25, -0.2) is 0 Å². The standard InChI is InChI=1S/C58H53N5O5/c1-36-28-43(22-27-50(36)58(5,6)7)56-63-62-54(68-56)41-18-14-38(15-19-41)34-66-47-30-39(35-64-45-25-26-49-48-10-8-9-11-51(48)59-52(49)32-45)29-46(31-47)65-33-37-12-16-40(17-13-37)53-60-61-55(67-53)42-20-23-44(24-21-42)57(2,3)4/h8-32,59H,33-35H2,1-7H3. The summed E-state index contributed by atoms with van der Waals surface area (Å²) in [4.78, 5) is 3.51. The summed E-state index contributed by atoms with van der Waals surface area (Å²) >= 11 is 0. The molecule has 0 unspecified atom stereocenters. The summed E-state index contributed by atoms with van der Waals surface area (Å²) in [5.41, 5.74) is 12.2. The van der Waals surface area contributed by atoms with Gasteiger partial charge < -0.3 is 28.0 Å². The Hall–Kier alpha value is -7.98. The van der Waals surface area contributed by atoms with E-state index in [1.807, 2.05) is 103 Å². The van der Waals surface area contributed by atoms with Gasteiger partial charge in [0.25, 0.3) is 0 Å². The number of aromatic nitrogens is 5. The van der Waals surface area contributed by atoms with Gasteiger partial charge in [0.1, 0.15) is 37.1 Å². The van der Waals surface area contributed by atoms with E-state index in [-0.39, 0.29) is 10.8 Å². The average molecular weight is 900 g/mol. The van der Waals surface area contributed by atoms with Gasteiger partial charge in [0, 0.05) is 50.7 Å². The molecule has 10 aromatic rings. The molecule has 0 aliphatic heterocycles. The van der Waals surface area contributed by atoms with Crippen LogP contribution >= 0.6 is 0 Å². The predicted octanol–water partition coefficient (Wildman–Crippen LogP) is 14.4. The molecule has 0 aliphatic carbocycles. The van der Waals surface area contributed by atoms with Gasteiger partial charge in [-0.2, -0.15) is 0 Å². The number of nitrogens with zero attached hydrogens (tertiary/aromatic N) is 4. The fraction of sp³-hybridized carbons (Fsp3) is 0.207. The molecule has 10 rings (SSSR count). The molecule has 0 atom stereocenters. The molecule has 0 amide bonds. The van der Waals surface area contributed by atoms with Gasteiger partial charge in [-0.1, -0.05) is 102 Å². The highest BCUT2D eigenvalue weighted by atomic mass is 16.5. The highest BCUT2D eigenvalue weighted by Crippen LogP contribution is 2.34. The Morgan fingerprint density at radius 2 is 0.912 bits per heavy atom. The van der Waals surface area contributed by atoms with Crippen LogP contribution in [0.15, 0.2) is 160 Å². The van der Waals surface area contributed by atoms with Crippen LogP contribution in [0, 0.1) is 6.92 Å².